The summed E-state index contributed by atoms with van der Waals surface area (Å²) in [4.78, 5) is 17.3. The topological polar surface area (TPSA) is 68.2 Å². The maximum atomic E-state index is 11.5. The minimum absolute atomic E-state index is 0.183. The molecule has 0 amide bonds. The Bertz CT molecular complexity index is 1100. The van der Waals surface area contributed by atoms with Gasteiger partial charge in [0, 0.05) is 12.1 Å². The molecule has 6 nitrogen and oxygen atoms in total. The van der Waals surface area contributed by atoms with E-state index in [1.165, 1.54) is 5.06 Å². The van der Waals surface area contributed by atoms with Crippen molar-refractivity contribution in [3.63, 3.8) is 0 Å². The van der Waals surface area contributed by atoms with E-state index in [0.29, 0.717) is 13.2 Å². The van der Waals surface area contributed by atoms with Crippen molar-refractivity contribution in [2.24, 2.45) is 5.92 Å². The third-order valence-corrected chi connectivity index (χ3v) is 6.35. The highest BCUT2D eigenvalue weighted by molar-refractivity contribution is 5.57. The van der Waals surface area contributed by atoms with Crippen LogP contribution in [-0.4, -0.2) is 35.8 Å². The lowest BCUT2D eigenvalue weighted by Crippen LogP contribution is -2.41. The normalized spacial score (nSPS) is 16.2. The first-order valence-electron chi connectivity index (χ1n) is 12.6. The van der Waals surface area contributed by atoms with Crippen LogP contribution in [0, 0.1) is 5.92 Å². The number of benzene rings is 3. The molecule has 0 saturated heterocycles. The van der Waals surface area contributed by atoms with Gasteiger partial charge in [0.05, 0.1) is 13.2 Å². The van der Waals surface area contributed by atoms with Gasteiger partial charge in [0.2, 0.25) is 6.23 Å². The fourth-order valence-electron chi connectivity index (χ4n) is 4.59. The van der Waals surface area contributed by atoms with Crippen molar-refractivity contribution in [2.45, 2.75) is 32.1 Å². The van der Waals surface area contributed by atoms with Crippen molar-refractivity contribution in [3.8, 4) is 0 Å². The van der Waals surface area contributed by atoms with Crippen LogP contribution in [-0.2, 0) is 19.9 Å². The van der Waals surface area contributed by atoms with Crippen LogP contribution in [0.4, 0.5) is 4.79 Å². The van der Waals surface area contributed by atoms with Crippen LogP contribution in [0.15, 0.2) is 115 Å². The molecule has 2 atom stereocenters. The second kappa shape index (κ2) is 12.4. The molecule has 3 aromatic rings. The van der Waals surface area contributed by atoms with Crippen LogP contribution in [0.1, 0.15) is 37.0 Å². The number of carboxylic acid groups (broad SMARTS) is 1. The van der Waals surface area contributed by atoms with Crippen LogP contribution in [0.2, 0.25) is 0 Å². The van der Waals surface area contributed by atoms with Crippen molar-refractivity contribution in [3.05, 3.63) is 132 Å². The fraction of sp³-hybridized carbons (Fsp3) is 0.258. The molecule has 37 heavy (non-hydrogen) atoms. The number of allylic oxidation sites excluding steroid dienone is 2. The summed E-state index contributed by atoms with van der Waals surface area (Å²) in [7, 11) is 0. The molecule has 0 fully saturated rings. The monoisotopic (exact) mass is 499 g/mol. The van der Waals surface area contributed by atoms with Crippen molar-refractivity contribution < 1.29 is 24.2 Å². The van der Waals surface area contributed by atoms with Gasteiger partial charge in [-0.2, -0.15) is 0 Å². The number of hydroxylamine groups is 2. The van der Waals surface area contributed by atoms with Crippen molar-refractivity contribution in [1.29, 1.82) is 0 Å². The van der Waals surface area contributed by atoms with Gasteiger partial charge in [-0.15, -0.1) is 0 Å². The summed E-state index contributed by atoms with van der Waals surface area (Å²) in [5.41, 5.74) is 2.89. The molecule has 0 bridgehead atoms. The van der Waals surface area contributed by atoms with E-state index in [9.17, 15) is 9.90 Å². The van der Waals surface area contributed by atoms with Crippen LogP contribution < -0.4 is 0 Å². The number of ether oxygens (including phenoxy) is 2. The van der Waals surface area contributed by atoms with Crippen LogP contribution in [0.3, 0.4) is 0 Å². The first-order valence-corrected chi connectivity index (χ1v) is 12.6. The minimum atomic E-state index is -1.36. The zero-order chi connectivity index (χ0) is 26.1. The Morgan fingerprint density at radius 3 is 1.89 bits per heavy atom. The summed E-state index contributed by atoms with van der Waals surface area (Å²) >= 11 is 0. The average molecular weight is 500 g/mol. The molecule has 1 aliphatic rings. The van der Waals surface area contributed by atoms with Gasteiger partial charge in [-0.05, 0) is 34.8 Å². The Kier molecular flexibility index (Phi) is 8.77. The molecule has 0 aliphatic carbocycles. The Morgan fingerprint density at radius 1 is 0.919 bits per heavy atom. The van der Waals surface area contributed by atoms with Gasteiger partial charge in [0.1, 0.15) is 5.60 Å². The van der Waals surface area contributed by atoms with E-state index < -0.39 is 18.0 Å². The first-order chi connectivity index (χ1) is 18.1. The van der Waals surface area contributed by atoms with Crippen LogP contribution in [0.5, 0.6) is 0 Å². The lowest BCUT2D eigenvalue weighted by atomic mass is 9.80. The van der Waals surface area contributed by atoms with Crippen molar-refractivity contribution in [2.75, 3.05) is 13.2 Å². The molecule has 6 heteroatoms. The molecule has 192 valence electrons. The molecule has 1 heterocycles. The van der Waals surface area contributed by atoms with Crippen molar-refractivity contribution >= 4 is 6.16 Å². The molecule has 0 saturated carbocycles. The molecule has 4 rings (SSSR count). The summed E-state index contributed by atoms with van der Waals surface area (Å²) in [5, 5.41) is 10.9. The van der Waals surface area contributed by atoms with Gasteiger partial charge in [0.15, 0.2) is 0 Å². The van der Waals surface area contributed by atoms with Crippen molar-refractivity contribution in [1.82, 2.24) is 5.06 Å². The third-order valence-electron chi connectivity index (χ3n) is 6.35. The van der Waals surface area contributed by atoms with E-state index in [-0.39, 0.29) is 5.92 Å². The fourth-order valence-corrected chi connectivity index (χ4v) is 4.59. The van der Waals surface area contributed by atoms with Gasteiger partial charge in [0.25, 0.3) is 0 Å². The predicted octanol–water partition coefficient (Wildman–Crippen LogP) is 6.75. The Hall–Kier alpha value is -3.87. The van der Waals surface area contributed by atoms with E-state index >= 15 is 0 Å². The van der Waals surface area contributed by atoms with E-state index in [1.54, 1.807) is 6.20 Å². The summed E-state index contributed by atoms with van der Waals surface area (Å²) in [5.74, 6) is -0.183. The van der Waals surface area contributed by atoms with Gasteiger partial charge in [-0.3, -0.25) is 4.84 Å². The maximum absolute atomic E-state index is 11.5. The summed E-state index contributed by atoms with van der Waals surface area (Å²) in [6.07, 6.45) is 3.92. The van der Waals surface area contributed by atoms with E-state index in [4.69, 9.17) is 14.3 Å². The SMILES string of the molecule is CCCON1C=CC=C(C(C)COC(c2ccccc2)(c2ccccc2)c2ccccc2)[C@H]1OC(=O)O. The number of hydrogen-bond donors (Lipinski definition) is 1. The zero-order valence-corrected chi connectivity index (χ0v) is 21.2. The standard InChI is InChI=1S/C31H33NO5/c1-3-22-36-32-21-13-20-28(29(32)37-30(33)34)24(2)23-35-31(25-14-7-4-8-15-25,26-16-9-5-10-17-26)27-18-11-6-12-19-27/h4-21,24,29H,3,22-23H2,1-2H3,(H,33,34)/t24?,29-/m1/s1. The van der Waals surface area contributed by atoms with E-state index in [1.807, 2.05) is 80.6 Å². The molecule has 0 radical (unpaired) electrons. The van der Waals surface area contributed by atoms with E-state index in [2.05, 4.69) is 36.4 Å². The Morgan fingerprint density at radius 2 is 1.43 bits per heavy atom. The predicted molar refractivity (Wildman–Crippen MR) is 143 cm³/mol. The molecule has 0 aromatic heterocycles. The second-order valence-corrected chi connectivity index (χ2v) is 8.93. The largest absolute Gasteiger partial charge is 0.508 e. The smallest absolute Gasteiger partial charge is 0.450 e. The number of nitrogens with zero attached hydrogens (tertiary/aromatic N) is 1. The Balaban J connectivity index is 1.71. The molecule has 0 spiro atoms. The summed E-state index contributed by atoms with van der Waals surface area (Å²) in [6, 6.07) is 30.5. The summed E-state index contributed by atoms with van der Waals surface area (Å²) in [6.45, 7) is 4.75. The zero-order valence-electron chi connectivity index (χ0n) is 21.2. The molecule has 1 unspecified atom stereocenters. The first kappa shape index (κ1) is 26.2. The van der Waals surface area contributed by atoms with Gasteiger partial charge in [-0.25, -0.2) is 9.86 Å². The quantitative estimate of drug-likeness (QED) is 0.233. The van der Waals surface area contributed by atoms with Gasteiger partial charge in [-0.1, -0.05) is 111 Å². The molecule has 1 N–H and O–H groups in total. The minimum Gasteiger partial charge on any atom is -0.450 e. The summed E-state index contributed by atoms with van der Waals surface area (Å²) < 4.78 is 12.2. The van der Waals surface area contributed by atoms with E-state index in [0.717, 1.165) is 28.7 Å². The van der Waals surface area contributed by atoms with Gasteiger partial charge >= 0.3 is 6.16 Å². The van der Waals surface area contributed by atoms with Gasteiger partial charge < -0.3 is 14.6 Å². The maximum Gasteiger partial charge on any atom is 0.508 e. The number of hydrogen-bond acceptors (Lipinski definition) is 5. The van der Waals surface area contributed by atoms with Crippen LogP contribution in [0.25, 0.3) is 0 Å². The lowest BCUT2D eigenvalue weighted by Gasteiger charge is -2.38. The molecular formula is C31H33NO5. The van der Waals surface area contributed by atoms with Crippen LogP contribution >= 0.6 is 0 Å². The molecule has 3 aromatic carbocycles. The molecule has 1 aliphatic heterocycles. The number of rotatable bonds is 11. The highest BCUT2D eigenvalue weighted by Crippen LogP contribution is 2.41. The Labute approximate surface area is 218 Å². The highest BCUT2D eigenvalue weighted by atomic mass is 16.7. The third kappa shape index (κ3) is 5.93. The highest BCUT2D eigenvalue weighted by Gasteiger charge is 2.39. The number of carbonyl (C=O) groups is 1. The second-order valence-electron chi connectivity index (χ2n) is 8.93. The average Bonchev–Trinajstić information content (AvgIpc) is 2.94. The lowest BCUT2D eigenvalue weighted by molar-refractivity contribution is -0.200. The molecular weight excluding hydrogens is 466 g/mol.